The number of benzene rings is 1. The van der Waals surface area contributed by atoms with Crippen LogP contribution in [-0.4, -0.2) is 31.1 Å². The van der Waals surface area contributed by atoms with Crippen LogP contribution in [0.25, 0.3) is 0 Å². The lowest BCUT2D eigenvalue weighted by atomic mass is 10.1. The van der Waals surface area contributed by atoms with E-state index in [0.717, 1.165) is 6.54 Å². The van der Waals surface area contributed by atoms with E-state index in [1.807, 2.05) is 0 Å². The van der Waals surface area contributed by atoms with Crippen LogP contribution in [0.1, 0.15) is 36.9 Å². The highest BCUT2D eigenvalue weighted by Crippen LogP contribution is 2.13. The van der Waals surface area contributed by atoms with Gasteiger partial charge in [-0.25, -0.2) is 0 Å². The topological polar surface area (TPSA) is 15.3 Å². The zero-order valence-electron chi connectivity index (χ0n) is 11.1. The summed E-state index contributed by atoms with van der Waals surface area (Å²) in [5, 5.41) is 3.61. The van der Waals surface area contributed by atoms with Gasteiger partial charge in [-0.2, -0.15) is 0 Å². The molecule has 1 aromatic rings. The predicted molar refractivity (Wildman–Crippen MR) is 73.3 cm³/mol. The first-order chi connectivity index (χ1) is 8.25. The van der Waals surface area contributed by atoms with Crippen molar-refractivity contribution < 1.29 is 0 Å². The number of hydrogen-bond donors (Lipinski definition) is 1. The number of aryl methyl sites for hydroxylation is 1. The van der Waals surface area contributed by atoms with Gasteiger partial charge in [-0.05, 0) is 45.3 Å². The highest BCUT2D eigenvalue weighted by atomic mass is 15.1. The van der Waals surface area contributed by atoms with E-state index in [1.54, 1.807) is 0 Å². The fraction of sp³-hybridized carbons (Fsp3) is 0.600. The van der Waals surface area contributed by atoms with E-state index in [9.17, 15) is 0 Å². The Labute approximate surface area is 105 Å². The summed E-state index contributed by atoms with van der Waals surface area (Å²) in [7, 11) is 0. The molecule has 0 saturated carbocycles. The standard InChI is InChI=1S/C15H24N2/c1-13-6-5-7-15(12-13)14(2)16-8-11-17-9-3-4-10-17/h5-7,12,14,16H,3-4,8-11H2,1-2H3/t14-/m0/s1. The number of likely N-dealkylation sites (tertiary alicyclic amines) is 1. The first-order valence-corrected chi connectivity index (χ1v) is 6.78. The normalized spacial score (nSPS) is 18.5. The number of rotatable bonds is 5. The summed E-state index contributed by atoms with van der Waals surface area (Å²) in [5.41, 5.74) is 2.74. The average Bonchev–Trinajstić information content (AvgIpc) is 2.82. The van der Waals surface area contributed by atoms with Crippen LogP contribution in [0.15, 0.2) is 24.3 Å². The van der Waals surface area contributed by atoms with Crippen molar-refractivity contribution >= 4 is 0 Å². The van der Waals surface area contributed by atoms with Crippen LogP contribution in [0.2, 0.25) is 0 Å². The number of nitrogens with one attached hydrogen (secondary N) is 1. The maximum Gasteiger partial charge on any atom is 0.0292 e. The van der Waals surface area contributed by atoms with Crippen molar-refractivity contribution in [1.82, 2.24) is 10.2 Å². The molecule has 0 aliphatic carbocycles. The van der Waals surface area contributed by atoms with Gasteiger partial charge >= 0.3 is 0 Å². The molecule has 0 spiro atoms. The molecule has 1 heterocycles. The van der Waals surface area contributed by atoms with Gasteiger partial charge in [0, 0.05) is 19.1 Å². The molecule has 2 heteroatoms. The molecule has 1 fully saturated rings. The fourth-order valence-corrected chi connectivity index (χ4v) is 2.50. The maximum atomic E-state index is 3.61. The van der Waals surface area contributed by atoms with Gasteiger partial charge in [0.2, 0.25) is 0 Å². The fourth-order valence-electron chi connectivity index (χ4n) is 2.50. The molecule has 17 heavy (non-hydrogen) atoms. The Morgan fingerprint density at radius 3 is 2.76 bits per heavy atom. The molecule has 0 amide bonds. The van der Waals surface area contributed by atoms with Crippen LogP contribution in [0.5, 0.6) is 0 Å². The Bertz CT molecular complexity index is 343. The second-order valence-electron chi connectivity index (χ2n) is 5.14. The third-order valence-corrected chi connectivity index (χ3v) is 3.62. The minimum absolute atomic E-state index is 0.456. The van der Waals surface area contributed by atoms with Crippen LogP contribution in [-0.2, 0) is 0 Å². The summed E-state index contributed by atoms with van der Waals surface area (Å²) in [4.78, 5) is 2.55. The minimum Gasteiger partial charge on any atom is -0.309 e. The highest BCUT2D eigenvalue weighted by Gasteiger charge is 2.11. The molecule has 2 rings (SSSR count). The van der Waals surface area contributed by atoms with Crippen LogP contribution >= 0.6 is 0 Å². The smallest absolute Gasteiger partial charge is 0.0292 e. The zero-order valence-corrected chi connectivity index (χ0v) is 11.1. The quantitative estimate of drug-likeness (QED) is 0.840. The van der Waals surface area contributed by atoms with Crippen molar-refractivity contribution in [1.29, 1.82) is 0 Å². The Morgan fingerprint density at radius 2 is 2.06 bits per heavy atom. The van der Waals surface area contributed by atoms with E-state index in [1.165, 1.54) is 43.6 Å². The maximum absolute atomic E-state index is 3.61. The van der Waals surface area contributed by atoms with E-state index < -0.39 is 0 Å². The molecule has 0 unspecified atom stereocenters. The van der Waals surface area contributed by atoms with E-state index in [4.69, 9.17) is 0 Å². The Kier molecular flexibility index (Phi) is 4.57. The third-order valence-electron chi connectivity index (χ3n) is 3.62. The summed E-state index contributed by atoms with van der Waals surface area (Å²) in [5.74, 6) is 0. The molecule has 1 N–H and O–H groups in total. The number of nitrogens with zero attached hydrogens (tertiary/aromatic N) is 1. The van der Waals surface area contributed by atoms with Gasteiger partial charge in [0.1, 0.15) is 0 Å². The van der Waals surface area contributed by atoms with Crippen LogP contribution in [0.4, 0.5) is 0 Å². The summed E-state index contributed by atoms with van der Waals surface area (Å²) < 4.78 is 0. The average molecular weight is 232 g/mol. The first-order valence-electron chi connectivity index (χ1n) is 6.78. The molecule has 0 radical (unpaired) electrons. The van der Waals surface area contributed by atoms with Crippen molar-refractivity contribution in [2.45, 2.75) is 32.7 Å². The lowest BCUT2D eigenvalue weighted by molar-refractivity contribution is 0.330. The molecule has 0 bridgehead atoms. The molecular formula is C15H24N2. The van der Waals surface area contributed by atoms with Crippen LogP contribution < -0.4 is 5.32 Å². The van der Waals surface area contributed by atoms with Crippen molar-refractivity contribution in [2.24, 2.45) is 0 Å². The van der Waals surface area contributed by atoms with Gasteiger partial charge in [-0.1, -0.05) is 29.8 Å². The van der Waals surface area contributed by atoms with Gasteiger partial charge < -0.3 is 10.2 Å². The van der Waals surface area contributed by atoms with E-state index in [2.05, 4.69) is 48.3 Å². The third kappa shape index (κ3) is 3.83. The molecule has 0 aromatic heterocycles. The Hall–Kier alpha value is -0.860. The lowest BCUT2D eigenvalue weighted by Gasteiger charge is -2.18. The molecule has 1 aliphatic heterocycles. The summed E-state index contributed by atoms with van der Waals surface area (Å²) >= 11 is 0. The van der Waals surface area contributed by atoms with Crippen LogP contribution in [0, 0.1) is 6.92 Å². The van der Waals surface area contributed by atoms with Crippen molar-refractivity contribution in [3.8, 4) is 0 Å². The van der Waals surface area contributed by atoms with Crippen molar-refractivity contribution in [3.63, 3.8) is 0 Å². The van der Waals surface area contributed by atoms with Gasteiger partial charge in [0.05, 0.1) is 0 Å². The van der Waals surface area contributed by atoms with Crippen molar-refractivity contribution in [3.05, 3.63) is 35.4 Å². The largest absolute Gasteiger partial charge is 0.309 e. The van der Waals surface area contributed by atoms with E-state index >= 15 is 0 Å². The van der Waals surface area contributed by atoms with E-state index in [-0.39, 0.29) is 0 Å². The van der Waals surface area contributed by atoms with E-state index in [0.29, 0.717) is 6.04 Å². The van der Waals surface area contributed by atoms with Gasteiger partial charge in [0.15, 0.2) is 0 Å². The summed E-state index contributed by atoms with van der Waals surface area (Å²) in [6.45, 7) is 9.27. The molecular weight excluding hydrogens is 208 g/mol. The first kappa shape index (κ1) is 12.6. The molecule has 2 nitrogen and oxygen atoms in total. The molecule has 1 saturated heterocycles. The zero-order chi connectivity index (χ0) is 12.1. The van der Waals surface area contributed by atoms with Gasteiger partial charge in [0.25, 0.3) is 0 Å². The number of hydrogen-bond acceptors (Lipinski definition) is 2. The summed E-state index contributed by atoms with van der Waals surface area (Å²) in [6.07, 6.45) is 2.76. The SMILES string of the molecule is Cc1cccc([C@H](C)NCCN2CCCC2)c1. The molecule has 1 aliphatic rings. The van der Waals surface area contributed by atoms with Crippen molar-refractivity contribution in [2.75, 3.05) is 26.2 Å². The minimum atomic E-state index is 0.456. The summed E-state index contributed by atoms with van der Waals surface area (Å²) in [6, 6.07) is 9.23. The second kappa shape index (κ2) is 6.18. The molecule has 94 valence electrons. The molecule has 1 aromatic carbocycles. The second-order valence-corrected chi connectivity index (χ2v) is 5.14. The predicted octanol–water partition coefficient (Wildman–Crippen LogP) is 2.74. The highest BCUT2D eigenvalue weighted by molar-refractivity contribution is 5.24. The lowest BCUT2D eigenvalue weighted by Crippen LogP contribution is -2.31. The Balaban J connectivity index is 1.74. The molecule has 1 atom stereocenters. The van der Waals surface area contributed by atoms with Gasteiger partial charge in [-0.15, -0.1) is 0 Å². The van der Waals surface area contributed by atoms with Gasteiger partial charge in [-0.3, -0.25) is 0 Å². The van der Waals surface area contributed by atoms with Crippen LogP contribution in [0.3, 0.4) is 0 Å². The monoisotopic (exact) mass is 232 g/mol. The Morgan fingerprint density at radius 1 is 1.29 bits per heavy atom.